The predicted octanol–water partition coefficient (Wildman–Crippen LogP) is 3.84. The zero-order chi connectivity index (χ0) is 18.4. The molecule has 1 heterocycles. The molecule has 5 heteroatoms. The summed E-state index contributed by atoms with van der Waals surface area (Å²) in [6.45, 7) is 4.69. The fourth-order valence-electron chi connectivity index (χ4n) is 2.66. The molecule has 0 radical (unpaired) electrons. The van der Waals surface area contributed by atoms with Gasteiger partial charge in [-0.1, -0.05) is 41.6 Å². The molecule has 0 bridgehead atoms. The molecule has 0 saturated heterocycles. The highest BCUT2D eigenvalue weighted by molar-refractivity contribution is 5.94. The maximum absolute atomic E-state index is 12.3. The van der Waals surface area contributed by atoms with Crippen LogP contribution in [0.1, 0.15) is 32.9 Å². The molecule has 0 saturated carbocycles. The Morgan fingerprint density at radius 3 is 2.65 bits per heavy atom. The van der Waals surface area contributed by atoms with Crippen molar-refractivity contribution in [3.63, 3.8) is 0 Å². The SMILES string of the molecule is Cc1noc(C)c1COc1cccc(C(=O)NCCc2ccccc2)c1. The van der Waals surface area contributed by atoms with Crippen molar-refractivity contribution in [2.24, 2.45) is 0 Å². The van der Waals surface area contributed by atoms with Gasteiger partial charge < -0.3 is 14.6 Å². The number of aromatic nitrogens is 1. The quantitative estimate of drug-likeness (QED) is 0.703. The molecule has 5 nitrogen and oxygen atoms in total. The van der Waals surface area contributed by atoms with Gasteiger partial charge in [0.25, 0.3) is 5.91 Å². The molecule has 0 atom stereocenters. The van der Waals surface area contributed by atoms with E-state index < -0.39 is 0 Å². The third kappa shape index (κ3) is 4.51. The summed E-state index contributed by atoms with van der Waals surface area (Å²) in [5.74, 6) is 1.28. The molecule has 0 aliphatic rings. The highest BCUT2D eigenvalue weighted by atomic mass is 16.5. The Hall–Kier alpha value is -3.08. The molecule has 134 valence electrons. The second-order valence-electron chi connectivity index (χ2n) is 6.11. The first-order valence-corrected chi connectivity index (χ1v) is 8.60. The summed E-state index contributed by atoms with van der Waals surface area (Å²) in [5, 5.41) is 6.86. The van der Waals surface area contributed by atoms with Crippen molar-refractivity contribution in [2.45, 2.75) is 26.9 Å². The van der Waals surface area contributed by atoms with Crippen LogP contribution in [0.3, 0.4) is 0 Å². The lowest BCUT2D eigenvalue weighted by atomic mass is 10.1. The number of aryl methyl sites for hydroxylation is 2. The Balaban J connectivity index is 1.55. The molecule has 3 aromatic rings. The van der Waals surface area contributed by atoms with Gasteiger partial charge in [0.2, 0.25) is 0 Å². The van der Waals surface area contributed by atoms with E-state index in [2.05, 4.69) is 22.6 Å². The highest BCUT2D eigenvalue weighted by Crippen LogP contribution is 2.18. The first-order valence-electron chi connectivity index (χ1n) is 8.60. The van der Waals surface area contributed by atoms with E-state index >= 15 is 0 Å². The normalized spacial score (nSPS) is 10.5. The van der Waals surface area contributed by atoms with Crippen LogP contribution in [0, 0.1) is 13.8 Å². The third-order valence-electron chi connectivity index (χ3n) is 4.20. The van der Waals surface area contributed by atoms with Crippen LogP contribution in [0.2, 0.25) is 0 Å². The number of ether oxygens (including phenoxy) is 1. The summed E-state index contributed by atoms with van der Waals surface area (Å²) < 4.78 is 10.9. The van der Waals surface area contributed by atoms with Crippen LogP contribution in [-0.4, -0.2) is 17.6 Å². The topological polar surface area (TPSA) is 64.4 Å². The van der Waals surface area contributed by atoms with E-state index in [1.165, 1.54) is 5.56 Å². The van der Waals surface area contributed by atoms with Crippen molar-refractivity contribution < 1.29 is 14.1 Å². The number of nitrogens with zero attached hydrogens (tertiary/aromatic N) is 1. The van der Waals surface area contributed by atoms with E-state index in [1.807, 2.05) is 44.2 Å². The molecule has 1 N–H and O–H groups in total. The maximum atomic E-state index is 12.3. The van der Waals surface area contributed by atoms with Crippen LogP contribution in [0.15, 0.2) is 59.1 Å². The molecule has 1 aromatic heterocycles. The molecule has 2 aromatic carbocycles. The van der Waals surface area contributed by atoms with Crippen molar-refractivity contribution in [1.29, 1.82) is 0 Å². The molecule has 0 spiro atoms. The number of rotatable bonds is 7. The molecule has 0 aliphatic heterocycles. The average Bonchev–Trinajstić information content (AvgIpc) is 2.99. The number of hydrogen-bond acceptors (Lipinski definition) is 4. The number of benzene rings is 2. The first kappa shape index (κ1) is 17.7. The summed E-state index contributed by atoms with van der Waals surface area (Å²) in [6, 6.07) is 17.2. The van der Waals surface area contributed by atoms with Crippen molar-refractivity contribution in [3.8, 4) is 5.75 Å². The molecular formula is C21H22N2O3. The number of carbonyl (C=O) groups is 1. The highest BCUT2D eigenvalue weighted by Gasteiger charge is 2.11. The minimum Gasteiger partial charge on any atom is -0.489 e. The van der Waals surface area contributed by atoms with Crippen molar-refractivity contribution in [1.82, 2.24) is 10.5 Å². The lowest BCUT2D eigenvalue weighted by Gasteiger charge is -2.09. The van der Waals surface area contributed by atoms with E-state index in [0.29, 0.717) is 24.5 Å². The smallest absolute Gasteiger partial charge is 0.251 e. The van der Waals surface area contributed by atoms with Crippen LogP contribution < -0.4 is 10.1 Å². The van der Waals surface area contributed by atoms with E-state index in [9.17, 15) is 4.79 Å². The minimum absolute atomic E-state index is 0.108. The summed E-state index contributed by atoms with van der Waals surface area (Å²) in [6.07, 6.45) is 0.800. The lowest BCUT2D eigenvalue weighted by molar-refractivity contribution is 0.0953. The van der Waals surface area contributed by atoms with Crippen molar-refractivity contribution in [2.75, 3.05) is 6.54 Å². The number of amides is 1. The summed E-state index contributed by atoms with van der Waals surface area (Å²) in [7, 11) is 0. The Morgan fingerprint density at radius 1 is 1.12 bits per heavy atom. The van der Waals surface area contributed by atoms with E-state index in [4.69, 9.17) is 9.26 Å². The predicted molar refractivity (Wildman–Crippen MR) is 99.2 cm³/mol. The van der Waals surface area contributed by atoms with E-state index in [0.717, 1.165) is 23.4 Å². The van der Waals surface area contributed by atoms with Gasteiger partial charge in [0.15, 0.2) is 0 Å². The van der Waals surface area contributed by atoms with Gasteiger partial charge in [-0.3, -0.25) is 4.79 Å². The zero-order valence-corrected chi connectivity index (χ0v) is 15.0. The van der Waals surface area contributed by atoms with Crippen molar-refractivity contribution >= 4 is 5.91 Å². The van der Waals surface area contributed by atoms with Gasteiger partial charge in [-0.25, -0.2) is 0 Å². The fraction of sp³-hybridized carbons (Fsp3) is 0.238. The van der Waals surface area contributed by atoms with Gasteiger partial charge in [0.1, 0.15) is 18.1 Å². The number of nitrogens with one attached hydrogen (secondary N) is 1. The van der Waals surface area contributed by atoms with Gasteiger partial charge in [-0.2, -0.15) is 0 Å². The summed E-state index contributed by atoms with van der Waals surface area (Å²) in [4.78, 5) is 12.3. The summed E-state index contributed by atoms with van der Waals surface area (Å²) in [5.41, 5.74) is 3.53. The van der Waals surface area contributed by atoms with Crippen LogP contribution in [0.4, 0.5) is 0 Å². The van der Waals surface area contributed by atoms with Gasteiger partial charge in [0.05, 0.1) is 11.3 Å². The van der Waals surface area contributed by atoms with E-state index in [-0.39, 0.29) is 5.91 Å². The van der Waals surface area contributed by atoms with Crippen LogP contribution in [-0.2, 0) is 13.0 Å². The molecule has 0 fully saturated rings. The minimum atomic E-state index is -0.108. The zero-order valence-electron chi connectivity index (χ0n) is 15.0. The number of hydrogen-bond donors (Lipinski definition) is 1. The first-order chi connectivity index (χ1) is 12.6. The molecule has 0 aliphatic carbocycles. The molecule has 0 unspecified atom stereocenters. The van der Waals surface area contributed by atoms with Crippen LogP contribution in [0.5, 0.6) is 5.75 Å². The Bertz CT molecular complexity index is 852. The molecular weight excluding hydrogens is 328 g/mol. The largest absolute Gasteiger partial charge is 0.489 e. The van der Waals surface area contributed by atoms with Crippen LogP contribution in [0.25, 0.3) is 0 Å². The molecule has 26 heavy (non-hydrogen) atoms. The summed E-state index contributed by atoms with van der Waals surface area (Å²) >= 11 is 0. The van der Waals surface area contributed by atoms with Crippen molar-refractivity contribution in [3.05, 3.63) is 82.7 Å². The Kier molecular flexibility index (Phi) is 5.69. The van der Waals surface area contributed by atoms with Gasteiger partial charge in [0, 0.05) is 12.1 Å². The fourth-order valence-corrected chi connectivity index (χ4v) is 2.66. The molecule has 1 amide bonds. The lowest BCUT2D eigenvalue weighted by Crippen LogP contribution is -2.25. The number of carbonyl (C=O) groups excluding carboxylic acids is 1. The van der Waals surface area contributed by atoms with Gasteiger partial charge >= 0.3 is 0 Å². The van der Waals surface area contributed by atoms with Crippen LogP contribution >= 0.6 is 0 Å². The standard InChI is InChI=1S/C21H22N2O3/c1-15-20(16(2)26-23-15)14-25-19-10-6-9-18(13-19)21(24)22-12-11-17-7-4-3-5-8-17/h3-10,13H,11-12,14H2,1-2H3,(H,22,24). The average molecular weight is 350 g/mol. The monoisotopic (exact) mass is 350 g/mol. The van der Waals surface area contributed by atoms with Gasteiger partial charge in [-0.05, 0) is 44.0 Å². The maximum Gasteiger partial charge on any atom is 0.251 e. The Labute approximate surface area is 153 Å². The third-order valence-corrected chi connectivity index (χ3v) is 4.20. The second-order valence-corrected chi connectivity index (χ2v) is 6.11. The van der Waals surface area contributed by atoms with E-state index in [1.54, 1.807) is 12.1 Å². The van der Waals surface area contributed by atoms with Gasteiger partial charge in [-0.15, -0.1) is 0 Å². The second kappa shape index (κ2) is 8.34. The Morgan fingerprint density at radius 2 is 1.92 bits per heavy atom. The molecule has 3 rings (SSSR count).